The molecule has 0 aliphatic carbocycles. The van der Waals surface area contributed by atoms with Crippen molar-refractivity contribution in [3.63, 3.8) is 0 Å². The molecule has 33 heavy (non-hydrogen) atoms. The Morgan fingerprint density at radius 1 is 1.09 bits per heavy atom. The van der Waals surface area contributed by atoms with Crippen LogP contribution in [0.3, 0.4) is 0 Å². The van der Waals surface area contributed by atoms with Crippen LogP contribution in [0.25, 0.3) is 22.1 Å². The van der Waals surface area contributed by atoms with Gasteiger partial charge in [-0.2, -0.15) is 0 Å². The quantitative estimate of drug-likeness (QED) is 0.378. The molecule has 3 aromatic carbocycles. The maximum Gasteiger partial charge on any atom is 0.274 e. The second-order valence-electron chi connectivity index (χ2n) is 7.81. The van der Waals surface area contributed by atoms with E-state index in [1.807, 2.05) is 38.1 Å². The molecule has 0 spiro atoms. The Hall–Kier alpha value is -3.71. The van der Waals surface area contributed by atoms with E-state index in [-0.39, 0.29) is 18.0 Å². The average molecular weight is 461 g/mol. The lowest BCUT2D eigenvalue weighted by molar-refractivity contribution is 0.279. The van der Waals surface area contributed by atoms with Gasteiger partial charge in [0.05, 0.1) is 22.7 Å². The van der Waals surface area contributed by atoms with Gasteiger partial charge < -0.3 is 9.47 Å². The minimum absolute atomic E-state index is 0.0882. The highest BCUT2D eigenvalue weighted by Crippen LogP contribution is 2.29. The van der Waals surface area contributed by atoms with E-state index in [1.165, 1.54) is 17.4 Å². The fourth-order valence-corrected chi connectivity index (χ4v) is 4.76. The predicted molar refractivity (Wildman–Crippen MR) is 129 cm³/mol. The van der Waals surface area contributed by atoms with Crippen molar-refractivity contribution in [3.05, 3.63) is 97.6 Å². The molecule has 0 radical (unpaired) electrons. The number of hydrogen-bond acceptors (Lipinski definition) is 5. The number of aromatic nitrogens is 2. The average Bonchev–Trinajstić information content (AvgIpc) is 3.33. The first kappa shape index (κ1) is 21.2. The van der Waals surface area contributed by atoms with Gasteiger partial charge in [0.15, 0.2) is 16.5 Å². The Bertz CT molecular complexity index is 1620. The number of nitrogens with zero attached hydrogens (tertiary/aromatic N) is 2. The first-order valence-corrected chi connectivity index (χ1v) is 11.2. The van der Waals surface area contributed by atoms with E-state index in [1.54, 1.807) is 41.8 Å². The van der Waals surface area contributed by atoms with E-state index in [4.69, 9.17) is 14.5 Å². The van der Waals surface area contributed by atoms with E-state index >= 15 is 0 Å². The van der Waals surface area contributed by atoms with Crippen LogP contribution in [0, 0.1) is 19.7 Å². The third kappa shape index (κ3) is 3.74. The number of rotatable bonds is 5. The van der Waals surface area contributed by atoms with E-state index in [0.717, 1.165) is 27.7 Å². The van der Waals surface area contributed by atoms with Gasteiger partial charge in [-0.25, -0.2) is 13.8 Å². The Kier molecular flexibility index (Phi) is 5.34. The van der Waals surface area contributed by atoms with Crippen LogP contribution in [0.15, 0.2) is 59.4 Å². The summed E-state index contributed by atoms with van der Waals surface area (Å²) in [6.45, 7) is 4.15. The van der Waals surface area contributed by atoms with Gasteiger partial charge in [0.25, 0.3) is 5.56 Å². The highest BCUT2D eigenvalue weighted by atomic mass is 32.1. The van der Waals surface area contributed by atoms with Crippen LogP contribution in [0.1, 0.15) is 22.3 Å². The monoisotopic (exact) mass is 460 g/mol. The van der Waals surface area contributed by atoms with Crippen LogP contribution in [0.4, 0.5) is 4.39 Å². The van der Waals surface area contributed by atoms with E-state index < -0.39 is 0 Å². The van der Waals surface area contributed by atoms with Crippen molar-refractivity contribution in [2.24, 2.45) is 0 Å². The molecule has 5 rings (SSSR count). The lowest BCUT2D eigenvalue weighted by Crippen LogP contribution is -2.22. The van der Waals surface area contributed by atoms with Gasteiger partial charge in [-0.3, -0.25) is 4.79 Å². The molecule has 0 aliphatic rings. The third-order valence-electron chi connectivity index (χ3n) is 5.76. The van der Waals surface area contributed by atoms with Gasteiger partial charge in [-0.15, -0.1) is 0 Å². The highest BCUT2D eigenvalue weighted by Gasteiger charge is 2.14. The molecule has 0 N–H and O–H groups in total. The minimum atomic E-state index is -0.315. The zero-order chi connectivity index (χ0) is 23.1. The summed E-state index contributed by atoms with van der Waals surface area (Å²) in [5.74, 6) is 0.688. The van der Waals surface area contributed by atoms with E-state index in [0.29, 0.717) is 26.6 Å². The molecular formula is C26H21FN2O3S. The molecule has 0 fully saturated rings. The molecule has 5 aromatic rings. The van der Waals surface area contributed by atoms with Crippen LogP contribution >= 0.6 is 11.3 Å². The van der Waals surface area contributed by atoms with Crippen molar-refractivity contribution in [3.8, 4) is 11.5 Å². The summed E-state index contributed by atoms with van der Waals surface area (Å²) >= 11 is 1.36. The third-order valence-corrected chi connectivity index (χ3v) is 6.73. The van der Waals surface area contributed by atoms with Crippen molar-refractivity contribution < 1.29 is 13.9 Å². The zero-order valence-electron chi connectivity index (χ0n) is 18.4. The fourth-order valence-electron chi connectivity index (χ4n) is 3.78. The number of fused-ring (bicyclic) bond motifs is 3. The van der Waals surface area contributed by atoms with Gasteiger partial charge in [0.2, 0.25) is 0 Å². The molecule has 0 amide bonds. The molecule has 0 bridgehead atoms. The topological polar surface area (TPSA) is 52.8 Å². The Morgan fingerprint density at radius 3 is 2.70 bits per heavy atom. The molecule has 5 nitrogen and oxygen atoms in total. The van der Waals surface area contributed by atoms with Crippen LogP contribution in [-0.2, 0) is 6.61 Å². The number of benzene rings is 3. The molecular weight excluding hydrogens is 439 g/mol. The maximum atomic E-state index is 13.9. The predicted octanol–water partition coefficient (Wildman–Crippen LogP) is 4.80. The fraction of sp³-hybridized carbons (Fsp3) is 0.154. The van der Waals surface area contributed by atoms with Gasteiger partial charge >= 0.3 is 0 Å². The Morgan fingerprint density at radius 2 is 1.91 bits per heavy atom. The van der Waals surface area contributed by atoms with E-state index in [2.05, 4.69) is 0 Å². The second-order valence-corrected chi connectivity index (χ2v) is 8.82. The maximum absolute atomic E-state index is 13.9. The number of methoxy groups -OCH3 is 1. The normalized spacial score (nSPS) is 12.1. The van der Waals surface area contributed by atoms with Crippen molar-refractivity contribution in [2.75, 3.05) is 7.11 Å². The molecule has 0 atom stereocenters. The van der Waals surface area contributed by atoms with E-state index in [9.17, 15) is 9.18 Å². The Labute approximate surface area is 193 Å². The van der Waals surface area contributed by atoms with Gasteiger partial charge in [0, 0.05) is 5.56 Å². The molecule has 0 unspecified atom stereocenters. The van der Waals surface area contributed by atoms with Crippen LogP contribution in [-0.4, -0.2) is 16.5 Å². The smallest absolute Gasteiger partial charge is 0.274 e. The summed E-state index contributed by atoms with van der Waals surface area (Å²) in [6, 6.07) is 15.8. The van der Waals surface area contributed by atoms with Crippen LogP contribution in [0.5, 0.6) is 11.5 Å². The van der Waals surface area contributed by atoms with Crippen molar-refractivity contribution in [2.45, 2.75) is 20.5 Å². The standard InChI is InChI=1S/C26H21FN2O3S/c1-15-8-10-20-24(16(15)2)28-26-29(20)25(30)23(33-26)13-17-9-11-21(22(12-17)31-3)32-14-18-6-4-5-7-19(18)27/h4-13H,14H2,1-3H3/b23-13-. The van der Waals surface area contributed by atoms with Gasteiger partial charge in [-0.1, -0.05) is 41.7 Å². The van der Waals surface area contributed by atoms with Crippen molar-refractivity contribution in [1.82, 2.24) is 9.38 Å². The molecule has 2 heterocycles. The number of thiazole rings is 1. The first-order valence-electron chi connectivity index (χ1n) is 10.4. The summed E-state index contributed by atoms with van der Waals surface area (Å²) < 4.78 is 27.4. The number of hydrogen-bond donors (Lipinski definition) is 0. The van der Waals surface area contributed by atoms with Crippen molar-refractivity contribution in [1.29, 1.82) is 0 Å². The summed E-state index contributed by atoms with van der Waals surface area (Å²) in [6.07, 6.45) is 1.82. The zero-order valence-corrected chi connectivity index (χ0v) is 19.2. The number of halogens is 1. The Balaban J connectivity index is 1.50. The lowest BCUT2D eigenvalue weighted by Gasteiger charge is -2.11. The van der Waals surface area contributed by atoms with Crippen LogP contribution < -0.4 is 19.6 Å². The number of ether oxygens (including phenoxy) is 2. The second kappa shape index (κ2) is 8.33. The lowest BCUT2D eigenvalue weighted by atomic mass is 10.1. The van der Waals surface area contributed by atoms with Crippen LogP contribution in [0.2, 0.25) is 0 Å². The van der Waals surface area contributed by atoms with Crippen molar-refractivity contribution >= 4 is 33.4 Å². The van der Waals surface area contributed by atoms with Gasteiger partial charge in [0.1, 0.15) is 12.4 Å². The summed E-state index contributed by atoms with van der Waals surface area (Å²) in [5, 5.41) is 0. The SMILES string of the molecule is COc1cc(/C=c2\sc3nc4c(C)c(C)ccc4n3c2=O)ccc1OCc1ccccc1F. The molecule has 7 heteroatoms. The minimum Gasteiger partial charge on any atom is -0.493 e. The summed E-state index contributed by atoms with van der Waals surface area (Å²) in [5.41, 5.74) is 5.08. The summed E-state index contributed by atoms with van der Waals surface area (Å²) in [7, 11) is 1.55. The molecule has 0 aliphatic heterocycles. The molecule has 2 aromatic heterocycles. The molecule has 0 saturated heterocycles. The summed E-state index contributed by atoms with van der Waals surface area (Å²) in [4.78, 5) is 18.5. The first-order chi connectivity index (χ1) is 16.0. The molecule has 0 saturated carbocycles. The molecule has 166 valence electrons. The largest absolute Gasteiger partial charge is 0.493 e. The number of aryl methyl sites for hydroxylation is 2. The van der Waals surface area contributed by atoms with Gasteiger partial charge in [-0.05, 0) is 60.9 Å². The highest BCUT2D eigenvalue weighted by molar-refractivity contribution is 7.15. The number of imidazole rings is 1.